The number of para-hydroxylation sites is 1. The van der Waals surface area contributed by atoms with Crippen LogP contribution < -0.4 is 0 Å². The van der Waals surface area contributed by atoms with Crippen LogP contribution in [0.15, 0.2) is 49.8 Å². The molecule has 0 unspecified atom stereocenters. The third-order valence-electron chi connectivity index (χ3n) is 5.97. The minimum Gasteiger partial charge on any atom is -0.366 e. The molecule has 0 bridgehead atoms. The molecule has 3 atom stereocenters. The van der Waals surface area contributed by atoms with E-state index in [-0.39, 0.29) is 36.8 Å². The second-order valence-electron chi connectivity index (χ2n) is 9.35. The molecule has 1 aromatic carbocycles. The van der Waals surface area contributed by atoms with Crippen molar-refractivity contribution in [3.63, 3.8) is 0 Å². The normalized spacial score (nSPS) is 14.0. The molecule has 206 valence electrons. The van der Waals surface area contributed by atoms with Crippen LogP contribution in [0.5, 0.6) is 0 Å². The molecular weight excluding hydrogens is 505 g/mol. The first-order valence-corrected chi connectivity index (χ1v) is 13.8. The van der Waals surface area contributed by atoms with E-state index >= 15 is 4.39 Å². The molecule has 8 nitrogen and oxygen atoms in total. The van der Waals surface area contributed by atoms with Crippen molar-refractivity contribution in [2.75, 3.05) is 0 Å². The molecule has 38 heavy (non-hydrogen) atoms. The summed E-state index contributed by atoms with van der Waals surface area (Å²) in [4.78, 5) is 8.63. The van der Waals surface area contributed by atoms with Crippen molar-refractivity contribution < 1.29 is 17.5 Å². The van der Waals surface area contributed by atoms with E-state index in [2.05, 4.69) is 33.3 Å². The third kappa shape index (κ3) is 6.79. The Kier molecular flexibility index (Phi) is 10.6. The average Bonchev–Trinajstić information content (AvgIpc) is 3.24. The van der Waals surface area contributed by atoms with E-state index in [1.807, 2.05) is 27.7 Å². The number of aryl methyl sites for hydroxylation is 1. The van der Waals surface area contributed by atoms with Gasteiger partial charge in [0.15, 0.2) is 21.5 Å². The van der Waals surface area contributed by atoms with Crippen LogP contribution in [0.4, 0.5) is 4.39 Å². The molecule has 0 aliphatic carbocycles. The summed E-state index contributed by atoms with van der Waals surface area (Å²) in [5.41, 5.74) is 1.50. The van der Waals surface area contributed by atoms with Gasteiger partial charge < -0.3 is 4.74 Å². The molecule has 0 amide bonds. The number of nitrogens with zero attached hydrogens (tertiary/aromatic N) is 5. The minimum absolute atomic E-state index is 0. The predicted molar refractivity (Wildman–Crippen MR) is 149 cm³/mol. The largest absolute Gasteiger partial charge is 0.366 e. The fraction of sp³-hybridized carbons (Fsp3) is 0.429. The molecular formula is C28H38FN5O3S. The lowest BCUT2D eigenvalue weighted by molar-refractivity contribution is 0.00141. The standard InChI is InChI=1S/C27H34FN5O3S.CH4/c1-8-11-19(6)27-32-31-23(33(27)24-21(9-2)12-10-13-22(24)28)16-37(34,35)20(7)25(36-17(3)4)26-29-14-18(5)15-30-26;/h8-10,12-15,17,19-20,25H,1-2,11,16H2,3-7H3;1H4/t19-,20-,25+;/m0./s1. The third-order valence-corrected chi connectivity index (χ3v) is 8.02. The first-order valence-electron chi connectivity index (χ1n) is 12.1. The number of aromatic nitrogens is 5. The van der Waals surface area contributed by atoms with Gasteiger partial charge in [-0.25, -0.2) is 22.8 Å². The minimum atomic E-state index is -3.90. The number of benzene rings is 1. The molecule has 0 aliphatic heterocycles. The van der Waals surface area contributed by atoms with Crippen molar-refractivity contribution in [3.05, 3.63) is 84.2 Å². The summed E-state index contributed by atoms with van der Waals surface area (Å²) < 4.78 is 50.2. The first-order chi connectivity index (χ1) is 17.5. The summed E-state index contributed by atoms with van der Waals surface area (Å²) in [6.07, 6.45) is 5.87. The molecule has 2 heterocycles. The van der Waals surface area contributed by atoms with Gasteiger partial charge in [-0.3, -0.25) is 4.57 Å². The highest BCUT2D eigenvalue weighted by Gasteiger charge is 2.36. The Bertz CT molecular complexity index is 1350. The Balaban J connectivity index is 0.00000507. The zero-order chi connectivity index (χ0) is 27.3. The summed E-state index contributed by atoms with van der Waals surface area (Å²) >= 11 is 0. The van der Waals surface area contributed by atoms with E-state index in [1.54, 1.807) is 37.5 Å². The second kappa shape index (κ2) is 13.0. The van der Waals surface area contributed by atoms with Gasteiger partial charge in [0.2, 0.25) is 0 Å². The summed E-state index contributed by atoms with van der Waals surface area (Å²) in [7, 11) is -3.90. The van der Waals surface area contributed by atoms with E-state index in [4.69, 9.17) is 4.74 Å². The van der Waals surface area contributed by atoms with Crippen LogP contribution in [0, 0.1) is 12.7 Å². The predicted octanol–water partition coefficient (Wildman–Crippen LogP) is 5.93. The van der Waals surface area contributed by atoms with Crippen molar-refractivity contribution in [2.24, 2.45) is 0 Å². The Morgan fingerprint density at radius 2 is 1.76 bits per heavy atom. The molecule has 3 rings (SSSR count). The lowest BCUT2D eigenvalue weighted by Crippen LogP contribution is -2.32. The SMILES string of the molecule is C.C=CC[C@H](C)c1nnc(CS(=O)(=O)[C@@H](C)[C@@H](OC(C)C)c2ncc(C)cn2)n1-c1c(F)cccc1C=C. The van der Waals surface area contributed by atoms with Gasteiger partial charge in [0, 0.05) is 23.9 Å². The van der Waals surface area contributed by atoms with E-state index in [0.717, 1.165) is 5.56 Å². The maximum Gasteiger partial charge on any atom is 0.163 e. The zero-order valence-electron chi connectivity index (χ0n) is 21.9. The number of halogens is 1. The fourth-order valence-corrected chi connectivity index (χ4v) is 5.37. The Morgan fingerprint density at radius 1 is 1.11 bits per heavy atom. The van der Waals surface area contributed by atoms with Crippen LogP contribution in [0.25, 0.3) is 11.8 Å². The van der Waals surface area contributed by atoms with Crippen molar-refractivity contribution in [2.45, 2.75) is 77.6 Å². The molecule has 10 heteroatoms. The highest BCUT2D eigenvalue weighted by atomic mass is 32.2. The molecule has 2 aromatic heterocycles. The number of ether oxygens (including phenoxy) is 1. The maximum atomic E-state index is 15.2. The Morgan fingerprint density at radius 3 is 2.34 bits per heavy atom. The van der Waals surface area contributed by atoms with Gasteiger partial charge in [0.1, 0.15) is 23.5 Å². The van der Waals surface area contributed by atoms with Crippen molar-refractivity contribution in [3.8, 4) is 5.69 Å². The molecule has 0 spiro atoms. The van der Waals surface area contributed by atoms with Crippen LogP contribution >= 0.6 is 0 Å². The molecule has 0 saturated heterocycles. The second-order valence-corrected chi connectivity index (χ2v) is 11.7. The van der Waals surface area contributed by atoms with Crippen LogP contribution in [-0.4, -0.2) is 44.5 Å². The lowest BCUT2D eigenvalue weighted by Gasteiger charge is -2.25. The maximum absolute atomic E-state index is 15.2. The van der Waals surface area contributed by atoms with Crippen LogP contribution in [0.2, 0.25) is 0 Å². The molecule has 0 fully saturated rings. The molecule has 0 saturated carbocycles. The summed E-state index contributed by atoms with van der Waals surface area (Å²) in [6, 6.07) is 4.59. The first kappa shape index (κ1) is 31.0. The summed E-state index contributed by atoms with van der Waals surface area (Å²) in [6.45, 7) is 16.5. The number of hydrogen-bond acceptors (Lipinski definition) is 7. The van der Waals surface area contributed by atoms with Gasteiger partial charge in [-0.2, -0.15) is 0 Å². The van der Waals surface area contributed by atoms with E-state index < -0.39 is 32.8 Å². The van der Waals surface area contributed by atoms with Crippen molar-refractivity contribution in [1.82, 2.24) is 24.7 Å². The number of rotatable bonds is 12. The van der Waals surface area contributed by atoms with Gasteiger partial charge in [0.05, 0.1) is 17.0 Å². The van der Waals surface area contributed by atoms with Crippen molar-refractivity contribution >= 4 is 15.9 Å². The number of allylic oxidation sites excluding steroid dienone is 1. The van der Waals surface area contributed by atoms with Crippen LogP contribution in [0.3, 0.4) is 0 Å². The van der Waals surface area contributed by atoms with Gasteiger partial charge in [-0.05, 0) is 45.7 Å². The number of hydrogen-bond donors (Lipinski definition) is 0. The fourth-order valence-electron chi connectivity index (χ4n) is 4.00. The van der Waals surface area contributed by atoms with E-state index in [0.29, 0.717) is 17.8 Å². The topological polar surface area (TPSA) is 99.9 Å². The van der Waals surface area contributed by atoms with Gasteiger partial charge >= 0.3 is 0 Å². The smallest absolute Gasteiger partial charge is 0.163 e. The van der Waals surface area contributed by atoms with Gasteiger partial charge in [0.25, 0.3) is 0 Å². The monoisotopic (exact) mass is 543 g/mol. The summed E-state index contributed by atoms with van der Waals surface area (Å²) in [5, 5.41) is 7.47. The lowest BCUT2D eigenvalue weighted by atomic mass is 10.1. The molecule has 0 N–H and O–H groups in total. The molecule has 0 aliphatic rings. The van der Waals surface area contributed by atoms with Gasteiger partial charge in [-0.15, -0.1) is 16.8 Å². The van der Waals surface area contributed by atoms with E-state index in [1.165, 1.54) is 16.7 Å². The molecule has 3 aromatic rings. The van der Waals surface area contributed by atoms with Crippen LogP contribution in [0.1, 0.15) is 82.2 Å². The van der Waals surface area contributed by atoms with E-state index in [9.17, 15) is 8.42 Å². The molecule has 0 radical (unpaired) electrons. The quantitative estimate of drug-likeness (QED) is 0.261. The summed E-state index contributed by atoms with van der Waals surface area (Å²) in [5.74, 6) is -0.405. The van der Waals surface area contributed by atoms with Crippen molar-refractivity contribution in [1.29, 1.82) is 0 Å². The van der Waals surface area contributed by atoms with Crippen LogP contribution in [-0.2, 0) is 20.3 Å². The number of sulfone groups is 1. The Hall–Kier alpha value is -3.24. The highest BCUT2D eigenvalue weighted by Crippen LogP contribution is 2.31. The Labute approximate surface area is 225 Å². The van der Waals surface area contributed by atoms with Gasteiger partial charge in [-0.1, -0.05) is 45.2 Å². The average molecular weight is 544 g/mol. The highest BCUT2D eigenvalue weighted by molar-refractivity contribution is 7.91. The zero-order valence-corrected chi connectivity index (χ0v) is 22.7.